The van der Waals surface area contributed by atoms with E-state index in [1.807, 2.05) is 0 Å². The molecule has 0 radical (unpaired) electrons. The van der Waals surface area contributed by atoms with Crippen molar-refractivity contribution in [3.63, 3.8) is 0 Å². The average molecular weight is 546 g/mol. The molecule has 36 heavy (non-hydrogen) atoms. The van der Waals surface area contributed by atoms with E-state index in [-0.39, 0.29) is 34.0 Å². The van der Waals surface area contributed by atoms with Gasteiger partial charge in [0.1, 0.15) is 0 Å². The molecule has 6 nitrogen and oxygen atoms in total. The highest BCUT2D eigenvalue weighted by Gasteiger charge is 2.40. The Hall–Kier alpha value is -2.80. The zero-order chi connectivity index (χ0) is 25.4. The normalized spacial score (nSPS) is 18.0. The molecule has 0 fully saturated rings. The molecule has 9 heteroatoms. The quantitative estimate of drug-likeness (QED) is 0.456. The molecule has 2 aromatic rings. The first-order chi connectivity index (χ1) is 17.3. The molecule has 0 aromatic heterocycles. The van der Waals surface area contributed by atoms with Gasteiger partial charge in [0.15, 0.2) is 23.9 Å². The summed E-state index contributed by atoms with van der Waals surface area (Å²) in [6, 6.07) is 10.0. The van der Waals surface area contributed by atoms with Crippen molar-refractivity contribution in [2.24, 2.45) is 0 Å². The van der Waals surface area contributed by atoms with Gasteiger partial charge in [0.25, 0.3) is 5.91 Å². The number of carbonyl (C=O) groups excluding carboxylic acids is 3. The van der Waals surface area contributed by atoms with Crippen LogP contribution < -0.4 is 15.4 Å². The molecule has 0 unspecified atom stereocenters. The van der Waals surface area contributed by atoms with Crippen LogP contribution in [0.5, 0.6) is 5.75 Å². The van der Waals surface area contributed by atoms with E-state index in [0.29, 0.717) is 40.3 Å². The average Bonchev–Trinajstić information content (AvgIpc) is 2.84. The maximum absolute atomic E-state index is 13.0. The van der Waals surface area contributed by atoms with Crippen LogP contribution in [0.4, 0.5) is 5.69 Å². The fraction of sp³-hybridized carbons (Fsp3) is 0.296. The Morgan fingerprint density at radius 2 is 1.44 bits per heavy atom. The molecule has 186 valence electrons. The van der Waals surface area contributed by atoms with Gasteiger partial charge >= 0.3 is 0 Å². The van der Waals surface area contributed by atoms with Crippen molar-refractivity contribution in [2.45, 2.75) is 44.4 Å². The lowest BCUT2D eigenvalue weighted by atomic mass is 9.71. The molecule has 2 N–H and O–H groups in total. The number of dihydropyridines is 1. The molecule has 2 aliphatic carbocycles. The summed E-state index contributed by atoms with van der Waals surface area (Å²) in [5.74, 6) is -0.683. The number of Topliss-reactive ketones (excluding diaryl/α,β-unsaturated/α-hetero) is 2. The summed E-state index contributed by atoms with van der Waals surface area (Å²) in [7, 11) is 0. The summed E-state index contributed by atoms with van der Waals surface area (Å²) < 4.78 is 5.65. The zero-order valence-electron chi connectivity index (χ0n) is 19.3. The molecule has 0 spiro atoms. The van der Waals surface area contributed by atoms with Gasteiger partial charge in [0.05, 0.1) is 10.0 Å². The van der Waals surface area contributed by atoms with E-state index in [4.69, 9.17) is 39.5 Å². The number of ether oxygens (including phenoxy) is 1. The topological polar surface area (TPSA) is 84.5 Å². The van der Waals surface area contributed by atoms with Crippen LogP contribution in [0.1, 0.15) is 50.0 Å². The molecule has 0 saturated carbocycles. The van der Waals surface area contributed by atoms with E-state index in [1.54, 1.807) is 36.4 Å². The minimum atomic E-state index is -0.519. The van der Waals surface area contributed by atoms with Crippen molar-refractivity contribution in [1.82, 2.24) is 5.32 Å². The van der Waals surface area contributed by atoms with E-state index in [2.05, 4.69) is 10.6 Å². The van der Waals surface area contributed by atoms with E-state index in [9.17, 15) is 14.4 Å². The first-order valence-corrected chi connectivity index (χ1v) is 12.9. The number of ketones is 2. The molecule has 0 bridgehead atoms. The number of amides is 1. The standard InChI is InChI=1S/C27H23Cl3N2O4/c28-15-7-9-16(10-8-15)31-23(35)13-36-27-17(29)11-14(12-18(27)30)24-25-19(3-1-5-21(25)33)32-20-4-2-6-22(34)26(20)24/h7-12,24,32H,1-6,13H2,(H,31,35). The number of hydrogen-bond donors (Lipinski definition) is 2. The predicted octanol–water partition coefficient (Wildman–Crippen LogP) is 6.37. The second kappa shape index (κ2) is 10.3. The lowest BCUT2D eigenvalue weighted by Crippen LogP contribution is -2.36. The predicted molar refractivity (Wildman–Crippen MR) is 140 cm³/mol. The van der Waals surface area contributed by atoms with E-state index in [1.165, 1.54) is 0 Å². The summed E-state index contributed by atoms with van der Waals surface area (Å²) in [6.45, 7) is -0.309. The summed E-state index contributed by atoms with van der Waals surface area (Å²) in [4.78, 5) is 38.3. The fourth-order valence-corrected chi connectivity index (χ4v) is 5.81. The Morgan fingerprint density at radius 3 is 2.00 bits per heavy atom. The van der Waals surface area contributed by atoms with Crippen LogP contribution in [0.15, 0.2) is 58.9 Å². The smallest absolute Gasteiger partial charge is 0.262 e. The first kappa shape index (κ1) is 24.9. The van der Waals surface area contributed by atoms with Crippen molar-refractivity contribution < 1.29 is 19.1 Å². The van der Waals surface area contributed by atoms with Crippen molar-refractivity contribution in [2.75, 3.05) is 11.9 Å². The Bertz CT molecular complexity index is 1270. The maximum atomic E-state index is 13.0. The van der Waals surface area contributed by atoms with Crippen LogP contribution in [0.2, 0.25) is 15.1 Å². The summed E-state index contributed by atoms with van der Waals surface area (Å²) in [5.41, 5.74) is 4.26. The van der Waals surface area contributed by atoms with Gasteiger partial charge in [-0.05, 0) is 67.6 Å². The number of nitrogens with one attached hydrogen (secondary N) is 2. The van der Waals surface area contributed by atoms with Crippen molar-refractivity contribution in [3.05, 3.63) is 79.6 Å². The van der Waals surface area contributed by atoms with Crippen molar-refractivity contribution >= 4 is 58.0 Å². The minimum Gasteiger partial charge on any atom is -0.481 e. The van der Waals surface area contributed by atoms with Gasteiger partial charge in [-0.2, -0.15) is 0 Å². The maximum Gasteiger partial charge on any atom is 0.262 e. The van der Waals surface area contributed by atoms with Crippen molar-refractivity contribution in [3.8, 4) is 5.75 Å². The Labute approximate surface area is 223 Å². The van der Waals surface area contributed by atoms with E-state index >= 15 is 0 Å². The van der Waals surface area contributed by atoms with Crippen LogP contribution in [0.25, 0.3) is 0 Å². The molecule has 0 saturated heterocycles. The van der Waals surface area contributed by atoms with Crippen LogP contribution in [0.3, 0.4) is 0 Å². The van der Waals surface area contributed by atoms with Gasteiger partial charge in [-0.1, -0.05) is 34.8 Å². The van der Waals surface area contributed by atoms with Crippen LogP contribution in [0, 0.1) is 0 Å². The largest absolute Gasteiger partial charge is 0.481 e. The van der Waals surface area contributed by atoms with Gasteiger partial charge in [-0.25, -0.2) is 0 Å². The molecular weight excluding hydrogens is 523 g/mol. The highest BCUT2D eigenvalue weighted by Crippen LogP contribution is 2.47. The monoisotopic (exact) mass is 544 g/mol. The molecule has 1 amide bonds. The van der Waals surface area contributed by atoms with Gasteiger partial charge < -0.3 is 15.4 Å². The molecule has 0 atom stereocenters. The van der Waals surface area contributed by atoms with Gasteiger partial charge in [0.2, 0.25) is 0 Å². The lowest BCUT2D eigenvalue weighted by molar-refractivity contribution is -0.118. The highest BCUT2D eigenvalue weighted by molar-refractivity contribution is 6.37. The highest BCUT2D eigenvalue weighted by atomic mass is 35.5. The van der Waals surface area contributed by atoms with Gasteiger partial charge in [-0.15, -0.1) is 0 Å². The number of benzene rings is 2. The molecular formula is C27H23Cl3N2O4. The number of rotatable bonds is 5. The molecule has 1 heterocycles. The number of allylic oxidation sites excluding steroid dienone is 4. The number of carbonyl (C=O) groups is 3. The summed E-state index contributed by atoms with van der Waals surface area (Å²) >= 11 is 19.0. The van der Waals surface area contributed by atoms with Crippen LogP contribution in [-0.4, -0.2) is 24.1 Å². The van der Waals surface area contributed by atoms with Crippen molar-refractivity contribution in [1.29, 1.82) is 0 Å². The lowest BCUT2D eigenvalue weighted by Gasteiger charge is -2.37. The molecule has 5 rings (SSSR count). The molecule has 3 aliphatic rings. The van der Waals surface area contributed by atoms with E-state index < -0.39 is 11.8 Å². The third-order valence-corrected chi connectivity index (χ3v) is 7.43. The minimum absolute atomic E-state index is 0.0325. The summed E-state index contributed by atoms with van der Waals surface area (Å²) in [5, 5.41) is 7.06. The SMILES string of the molecule is O=C(COc1c(Cl)cc(C2C3=C(CCCC3=O)NC3=C2C(=O)CCC3)cc1Cl)Nc1ccc(Cl)cc1. The Balaban J connectivity index is 1.42. The number of halogens is 3. The van der Waals surface area contributed by atoms with Gasteiger partial charge in [0, 0.05) is 52.0 Å². The van der Waals surface area contributed by atoms with E-state index in [0.717, 1.165) is 37.1 Å². The zero-order valence-corrected chi connectivity index (χ0v) is 21.5. The third-order valence-electron chi connectivity index (χ3n) is 6.62. The second-order valence-corrected chi connectivity index (χ2v) is 10.3. The summed E-state index contributed by atoms with van der Waals surface area (Å²) in [6.07, 6.45) is 3.96. The number of anilines is 1. The number of hydrogen-bond acceptors (Lipinski definition) is 5. The van der Waals surface area contributed by atoms with Crippen LogP contribution >= 0.6 is 34.8 Å². The first-order valence-electron chi connectivity index (χ1n) is 11.8. The Morgan fingerprint density at radius 1 is 0.889 bits per heavy atom. The molecule has 1 aliphatic heterocycles. The second-order valence-electron chi connectivity index (χ2n) is 9.05. The van der Waals surface area contributed by atoms with Gasteiger partial charge in [-0.3, -0.25) is 14.4 Å². The fourth-order valence-electron chi connectivity index (χ4n) is 5.07. The third kappa shape index (κ3) is 4.90. The Kier molecular flexibility index (Phi) is 7.11. The van der Waals surface area contributed by atoms with Crippen LogP contribution in [-0.2, 0) is 14.4 Å². The molecule has 2 aromatic carbocycles.